The Kier molecular flexibility index (Phi) is 6.72. The molecule has 0 atom stereocenters. The third-order valence-corrected chi connectivity index (χ3v) is 4.81. The van der Waals surface area contributed by atoms with Crippen LogP contribution in [0.1, 0.15) is 23.9 Å². The maximum atomic E-state index is 6.21. The van der Waals surface area contributed by atoms with Gasteiger partial charge in [-0.25, -0.2) is 0 Å². The number of aryl methyl sites for hydroxylation is 1. The molecule has 146 valence electrons. The fourth-order valence-electron chi connectivity index (χ4n) is 2.44. The minimum absolute atomic E-state index is 0.232. The number of hydrogen-bond acceptors (Lipinski definition) is 5. The van der Waals surface area contributed by atoms with Crippen LogP contribution in [0.4, 0.5) is 0 Å². The van der Waals surface area contributed by atoms with E-state index < -0.39 is 0 Å². The average Bonchev–Trinajstić information content (AvgIpc) is 2.99. The van der Waals surface area contributed by atoms with Gasteiger partial charge in [0.1, 0.15) is 12.4 Å². The molecule has 1 N–H and O–H groups in total. The van der Waals surface area contributed by atoms with Gasteiger partial charge in [0.05, 0.1) is 12.8 Å². The van der Waals surface area contributed by atoms with Crippen molar-refractivity contribution in [3.8, 4) is 11.5 Å². The number of nitrogens with zero attached hydrogens (tertiary/aromatic N) is 3. The van der Waals surface area contributed by atoms with Crippen molar-refractivity contribution in [2.24, 2.45) is 5.10 Å². The lowest BCUT2D eigenvalue weighted by molar-refractivity contribution is 0.269. The van der Waals surface area contributed by atoms with Crippen molar-refractivity contribution in [2.75, 3.05) is 6.61 Å². The van der Waals surface area contributed by atoms with Gasteiger partial charge in [0, 0.05) is 15.6 Å². The molecule has 28 heavy (non-hydrogen) atoms. The molecule has 3 rings (SSSR count). The van der Waals surface area contributed by atoms with E-state index in [9.17, 15) is 0 Å². The summed E-state index contributed by atoms with van der Waals surface area (Å²) in [7, 11) is 0. The number of aromatic nitrogens is 3. The van der Waals surface area contributed by atoms with Gasteiger partial charge in [-0.2, -0.15) is 14.9 Å². The largest absolute Gasteiger partial charge is 0.490 e. The molecule has 0 radical (unpaired) electrons. The smallest absolute Gasteiger partial charge is 0.216 e. The van der Waals surface area contributed by atoms with Crippen LogP contribution < -0.4 is 9.47 Å². The Morgan fingerprint density at radius 2 is 1.93 bits per heavy atom. The van der Waals surface area contributed by atoms with Gasteiger partial charge in [-0.15, -0.1) is 0 Å². The number of benzene rings is 2. The zero-order valence-corrected chi connectivity index (χ0v) is 17.6. The summed E-state index contributed by atoms with van der Waals surface area (Å²) in [4.78, 5) is 0. The molecule has 2 aromatic carbocycles. The van der Waals surface area contributed by atoms with E-state index in [0.717, 1.165) is 11.1 Å². The van der Waals surface area contributed by atoms with Gasteiger partial charge >= 0.3 is 0 Å². The van der Waals surface area contributed by atoms with Crippen LogP contribution in [0, 0.1) is 11.7 Å². The number of hydrogen-bond donors (Lipinski definition) is 1. The van der Waals surface area contributed by atoms with Crippen molar-refractivity contribution < 1.29 is 9.47 Å². The number of ether oxygens (including phenoxy) is 2. The number of H-pyrrole nitrogens is 1. The lowest BCUT2D eigenvalue weighted by Gasteiger charge is -2.14. The maximum absolute atomic E-state index is 6.21. The van der Waals surface area contributed by atoms with Crippen LogP contribution in [0.5, 0.6) is 11.5 Å². The van der Waals surface area contributed by atoms with Crippen LogP contribution in [0.3, 0.4) is 0 Å². The van der Waals surface area contributed by atoms with Gasteiger partial charge in [0.25, 0.3) is 0 Å². The molecule has 0 unspecified atom stereocenters. The molecule has 0 saturated carbocycles. The van der Waals surface area contributed by atoms with Gasteiger partial charge < -0.3 is 9.47 Å². The van der Waals surface area contributed by atoms with Gasteiger partial charge in [0.2, 0.25) is 4.77 Å². The highest BCUT2D eigenvalue weighted by molar-refractivity contribution is 7.71. The topological polar surface area (TPSA) is 64.4 Å². The highest BCUT2D eigenvalue weighted by Crippen LogP contribution is 2.31. The second kappa shape index (κ2) is 9.23. The number of halogens is 2. The molecule has 6 nitrogen and oxygen atoms in total. The third-order valence-electron chi connectivity index (χ3n) is 3.84. The number of nitrogens with one attached hydrogen (secondary N) is 1. The molecule has 0 fully saturated rings. The van der Waals surface area contributed by atoms with E-state index in [2.05, 4.69) is 15.3 Å². The van der Waals surface area contributed by atoms with Crippen LogP contribution in [-0.2, 0) is 6.61 Å². The molecule has 1 heterocycles. The summed E-state index contributed by atoms with van der Waals surface area (Å²) in [5.74, 6) is 1.86. The first-order chi connectivity index (χ1) is 13.5. The van der Waals surface area contributed by atoms with Crippen molar-refractivity contribution in [2.45, 2.75) is 20.5 Å². The molecule has 1 aromatic heterocycles. The second-order valence-corrected chi connectivity index (χ2v) is 6.96. The summed E-state index contributed by atoms with van der Waals surface area (Å²) < 4.78 is 13.6. The van der Waals surface area contributed by atoms with Crippen molar-refractivity contribution in [1.82, 2.24) is 14.9 Å². The molecule has 0 aliphatic carbocycles. The van der Waals surface area contributed by atoms with Crippen molar-refractivity contribution in [1.29, 1.82) is 0 Å². The summed E-state index contributed by atoms with van der Waals surface area (Å²) in [5.41, 5.74) is 1.55. The van der Waals surface area contributed by atoms with Gasteiger partial charge in [-0.3, -0.25) is 5.10 Å². The van der Waals surface area contributed by atoms with Crippen molar-refractivity contribution >= 4 is 41.6 Å². The standard InChI is InChI=1S/C19H18Cl2N4O2S/c1-3-26-18-9-13(10-22-25-12(2)23-24-19(25)28)7-8-17(18)27-11-14-15(20)5-4-6-16(14)21/h4-10H,3,11H2,1-2H3,(H,24,28)/b22-10+. The van der Waals surface area contributed by atoms with Crippen LogP contribution >= 0.6 is 35.4 Å². The minimum Gasteiger partial charge on any atom is -0.490 e. The Morgan fingerprint density at radius 3 is 2.57 bits per heavy atom. The molecule has 0 spiro atoms. The third kappa shape index (κ3) is 4.73. The Hall–Kier alpha value is -2.35. The minimum atomic E-state index is 0.232. The van der Waals surface area contributed by atoms with E-state index in [1.807, 2.05) is 32.0 Å². The molecular formula is C19H18Cl2N4O2S. The summed E-state index contributed by atoms with van der Waals surface area (Å²) >= 11 is 17.6. The zero-order chi connectivity index (χ0) is 20.1. The molecule has 9 heteroatoms. The first kappa shape index (κ1) is 20.4. The average molecular weight is 437 g/mol. The van der Waals surface area contributed by atoms with Crippen molar-refractivity contribution in [3.05, 3.63) is 68.2 Å². The first-order valence-electron chi connectivity index (χ1n) is 8.50. The van der Waals surface area contributed by atoms with Crippen molar-refractivity contribution in [3.63, 3.8) is 0 Å². The lowest BCUT2D eigenvalue weighted by atomic mass is 10.2. The summed E-state index contributed by atoms with van der Waals surface area (Å²) in [5, 5.41) is 12.2. The van der Waals surface area contributed by atoms with E-state index in [-0.39, 0.29) is 6.61 Å². The zero-order valence-electron chi connectivity index (χ0n) is 15.3. The maximum Gasteiger partial charge on any atom is 0.216 e. The van der Waals surface area contributed by atoms with E-state index in [1.54, 1.807) is 29.1 Å². The Labute approximate surface area is 177 Å². The summed E-state index contributed by atoms with van der Waals surface area (Å²) in [6, 6.07) is 10.9. The Balaban J connectivity index is 1.82. The van der Waals surface area contributed by atoms with E-state index in [4.69, 9.17) is 44.9 Å². The Morgan fingerprint density at radius 1 is 1.18 bits per heavy atom. The lowest BCUT2D eigenvalue weighted by Crippen LogP contribution is -2.02. The van der Waals surface area contributed by atoms with Crippen LogP contribution in [0.2, 0.25) is 10.0 Å². The summed E-state index contributed by atoms with van der Waals surface area (Å²) in [6.07, 6.45) is 1.68. The van der Waals surface area contributed by atoms with E-state index >= 15 is 0 Å². The second-order valence-electron chi connectivity index (χ2n) is 5.76. The van der Waals surface area contributed by atoms with Gasteiger partial charge in [0.15, 0.2) is 11.5 Å². The molecular weight excluding hydrogens is 419 g/mol. The van der Waals surface area contributed by atoms with Crippen LogP contribution in [0.25, 0.3) is 0 Å². The molecule has 0 aliphatic rings. The molecule has 0 saturated heterocycles. The normalized spacial score (nSPS) is 11.1. The van der Waals surface area contributed by atoms with Gasteiger partial charge in [-0.05, 0) is 62.0 Å². The monoisotopic (exact) mass is 436 g/mol. The molecule has 0 amide bonds. The predicted octanol–water partition coefficient (Wildman–Crippen LogP) is 5.42. The molecule has 3 aromatic rings. The molecule has 0 aliphatic heterocycles. The van der Waals surface area contributed by atoms with Crippen LogP contribution in [-0.4, -0.2) is 27.7 Å². The SMILES string of the molecule is CCOc1cc(/C=N/n2c(C)n[nH]c2=S)ccc1OCc1c(Cl)cccc1Cl. The summed E-state index contributed by atoms with van der Waals surface area (Å²) in [6.45, 7) is 4.45. The highest BCUT2D eigenvalue weighted by atomic mass is 35.5. The number of aromatic amines is 1. The van der Waals surface area contributed by atoms with Crippen LogP contribution in [0.15, 0.2) is 41.5 Å². The van der Waals surface area contributed by atoms with E-state index in [0.29, 0.717) is 38.7 Å². The number of rotatable bonds is 7. The Bertz CT molecular complexity index is 1040. The first-order valence-corrected chi connectivity index (χ1v) is 9.67. The quantitative estimate of drug-likeness (QED) is 0.396. The fraction of sp³-hybridized carbons (Fsp3) is 0.211. The van der Waals surface area contributed by atoms with E-state index in [1.165, 1.54) is 0 Å². The fourth-order valence-corrected chi connectivity index (χ4v) is 3.17. The predicted molar refractivity (Wildman–Crippen MR) is 114 cm³/mol. The molecule has 0 bridgehead atoms. The highest BCUT2D eigenvalue weighted by Gasteiger charge is 2.10. The van der Waals surface area contributed by atoms with Gasteiger partial charge in [-0.1, -0.05) is 29.3 Å².